The first-order chi connectivity index (χ1) is 35.0. The van der Waals surface area contributed by atoms with Crippen molar-refractivity contribution in [2.45, 2.75) is 348 Å². The summed E-state index contributed by atoms with van der Waals surface area (Å²) in [5, 5.41) is 0. The number of ether oxygens (including phenoxy) is 3. The first-order valence-corrected chi connectivity index (χ1v) is 31.5. The summed E-state index contributed by atoms with van der Waals surface area (Å²) >= 11 is 0. The Hall–Kier alpha value is -2.37. The lowest BCUT2D eigenvalue weighted by Crippen LogP contribution is -2.30. The zero-order chi connectivity index (χ0) is 51.4. The van der Waals surface area contributed by atoms with Crippen molar-refractivity contribution >= 4 is 17.9 Å². The largest absolute Gasteiger partial charge is 0.462 e. The number of hydrogen-bond acceptors (Lipinski definition) is 6. The van der Waals surface area contributed by atoms with Gasteiger partial charge < -0.3 is 14.2 Å². The Balaban J connectivity index is 4.27. The van der Waals surface area contributed by atoms with Crippen molar-refractivity contribution in [3.05, 3.63) is 36.5 Å². The van der Waals surface area contributed by atoms with Crippen LogP contribution < -0.4 is 0 Å². The van der Waals surface area contributed by atoms with Gasteiger partial charge in [-0.2, -0.15) is 0 Å². The number of allylic oxidation sites excluding steroid dienone is 6. The van der Waals surface area contributed by atoms with E-state index in [2.05, 4.69) is 57.2 Å². The molecule has 0 aromatic heterocycles. The van der Waals surface area contributed by atoms with Crippen LogP contribution in [0.2, 0.25) is 0 Å². The Morgan fingerprint density at radius 1 is 0.296 bits per heavy atom. The molecule has 0 saturated heterocycles. The van der Waals surface area contributed by atoms with Gasteiger partial charge in [0.1, 0.15) is 13.2 Å². The second kappa shape index (κ2) is 60.2. The Labute approximate surface area is 442 Å². The second-order valence-corrected chi connectivity index (χ2v) is 21.3. The third kappa shape index (κ3) is 58.4. The van der Waals surface area contributed by atoms with E-state index in [0.717, 1.165) is 96.3 Å². The first kappa shape index (κ1) is 68.6. The Bertz CT molecular complexity index is 1190. The molecule has 0 amide bonds. The van der Waals surface area contributed by atoms with E-state index in [4.69, 9.17) is 14.2 Å². The van der Waals surface area contributed by atoms with Gasteiger partial charge in [-0.25, -0.2) is 0 Å². The number of rotatable bonds is 58. The molecule has 1 unspecified atom stereocenters. The van der Waals surface area contributed by atoms with E-state index >= 15 is 0 Å². The van der Waals surface area contributed by atoms with Crippen LogP contribution in [0.5, 0.6) is 0 Å². The quantitative estimate of drug-likeness (QED) is 0.0261. The topological polar surface area (TPSA) is 78.9 Å². The smallest absolute Gasteiger partial charge is 0.306 e. The van der Waals surface area contributed by atoms with E-state index in [0.29, 0.717) is 19.3 Å². The van der Waals surface area contributed by atoms with Crippen molar-refractivity contribution in [3.8, 4) is 0 Å². The van der Waals surface area contributed by atoms with Gasteiger partial charge in [0, 0.05) is 19.3 Å². The summed E-state index contributed by atoms with van der Waals surface area (Å²) in [6, 6.07) is 0. The fourth-order valence-corrected chi connectivity index (χ4v) is 9.46. The van der Waals surface area contributed by atoms with Crippen LogP contribution in [0.15, 0.2) is 36.5 Å². The molecular formula is C65H120O6. The van der Waals surface area contributed by atoms with Crippen molar-refractivity contribution < 1.29 is 28.6 Å². The molecule has 0 saturated carbocycles. The van der Waals surface area contributed by atoms with Gasteiger partial charge in [0.2, 0.25) is 0 Å². The highest BCUT2D eigenvalue weighted by atomic mass is 16.6. The van der Waals surface area contributed by atoms with Crippen molar-refractivity contribution in [2.24, 2.45) is 0 Å². The van der Waals surface area contributed by atoms with E-state index in [9.17, 15) is 14.4 Å². The molecule has 0 bridgehead atoms. The predicted molar refractivity (Wildman–Crippen MR) is 307 cm³/mol. The molecule has 0 aliphatic rings. The van der Waals surface area contributed by atoms with Crippen molar-refractivity contribution in [2.75, 3.05) is 13.2 Å². The fourth-order valence-electron chi connectivity index (χ4n) is 9.46. The molecule has 0 aromatic carbocycles. The van der Waals surface area contributed by atoms with Gasteiger partial charge in [-0.15, -0.1) is 0 Å². The molecule has 0 fully saturated rings. The number of carbonyl (C=O) groups is 3. The molecule has 0 aliphatic carbocycles. The van der Waals surface area contributed by atoms with Crippen LogP contribution in [-0.4, -0.2) is 37.2 Å². The molecule has 0 aromatic rings. The van der Waals surface area contributed by atoms with E-state index in [1.165, 1.54) is 205 Å². The molecule has 0 heterocycles. The van der Waals surface area contributed by atoms with Crippen molar-refractivity contribution in [1.82, 2.24) is 0 Å². The van der Waals surface area contributed by atoms with E-state index < -0.39 is 6.10 Å². The van der Waals surface area contributed by atoms with Gasteiger partial charge in [0.25, 0.3) is 0 Å². The van der Waals surface area contributed by atoms with Crippen LogP contribution in [0.1, 0.15) is 342 Å². The molecule has 0 spiro atoms. The summed E-state index contributed by atoms with van der Waals surface area (Å²) in [5.41, 5.74) is 0. The molecule has 6 heteroatoms. The van der Waals surface area contributed by atoms with Crippen LogP contribution in [0.4, 0.5) is 0 Å². The van der Waals surface area contributed by atoms with E-state index in [-0.39, 0.29) is 31.1 Å². The van der Waals surface area contributed by atoms with Crippen molar-refractivity contribution in [3.63, 3.8) is 0 Å². The van der Waals surface area contributed by atoms with Crippen LogP contribution >= 0.6 is 0 Å². The summed E-state index contributed by atoms with van der Waals surface area (Å²) in [6.45, 7) is 6.58. The predicted octanol–water partition coefficient (Wildman–Crippen LogP) is 21.2. The van der Waals surface area contributed by atoms with Crippen LogP contribution in [0.3, 0.4) is 0 Å². The normalized spacial score (nSPS) is 12.2. The Morgan fingerprint density at radius 3 is 0.859 bits per heavy atom. The molecule has 6 nitrogen and oxygen atoms in total. The maximum atomic E-state index is 12.9. The summed E-state index contributed by atoms with van der Waals surface area (Å²) < 4.78 is 16.9. The zero-order valence-corrected chi connectivity index (χ0v) is 47.8. The van der Waals surface area contributed by atoms with Gasteiger partial charge in [0.15, 0.2) is 6.10 Å². The minimum absolute atomic E-state index is 0.0740. The highest BCUT2D eigenvalue weighted by Gasteiger charge is 2.19. The van der Waals surface area contributed by atoms with Gasteiger partial charge in [0.05, 0.1) is 0 Å². The second-order valence-electron chi connectivity index (χ2n) is 21.3. The first-order valence-electron chi connectivity index (χ1n) is 31.5. The summed E-state index contributed by atoms with van der Waals surface area (Å²) in [4.78, 5) is 38.2. The molecule has 0 aliphatic heterocycles. The van der Waals surface area contributed by atoms with Crippen LogP contribution in [0, 0.1) is 0 Å². The Morgan fingerprint density at radius 2 is 0.549 bits per heavy atom. The zero-order valence-electron chi connectivity index (χ0n) is 47.8. The minimum Gasteiger partial charge on any atom is -0.462 e. The van der Waals surface area contributed by atoms with E-state index in [1.807, 2.05) is 0 Å². The highest BCUT2D eigenvalue weighted by molar-refractivity contribution is 5.71. The van der Waals surface area contributed by atoms with Crippen molar-refractivity contribution in [1.29, 1.82) is 0 Å². The Kier molecular flexibility index (Phi) is 58.2. The molecular weight excluding hydrogens is 877 g/mol. The summed E-state index contributed by atoms with van der Waals surface area (Å²) in [6.07, 6.45) is 73.0. The third-order valence-electron chi connectivity index (χ3n) is 14.2. The standard InChI is InChI=1S/C65H120O6/c1-4-7-10-13-16-19-22-25-28-29-30-31-32-33-34-35-38-40-43-46-49-52-55-58-64(67)70-61-62(71-65(68)59-56-53-50-47-44-41-37-27-24-21-18-15-12-9-6-3)60-69-63(66)57-54-51-48-45-42-39-36-26-23-20-17-14-11-8-5-2/h9,12,18,21,27,37,62H,4-8,10-11,13-17,19-20,22-26,28-36,38-61H2,1-3H3/b12-9-,21-18-,37-27-. The number of unbranched alkanes of at least 4 members (excludes halogenated alkanes) is 41. The van der Waals surface area contributed by atoms with Crippen LogP contribution in [0.25, 0.3) is 0 Å². The number of esters is 3. The maximum Gasteiger partial charge on any atom is 0.306 e. The molecule has 0 N–H and O–H groups in total. The number of hydrogen-bond donors (Lipinski definition) is 0. The van der Waals surface area contributed by atoms with Gasteiger partial charge in [-0.05, 0) is 51.4 Å². The van der Waals surface area contributed by atoms with Crippen LogP contribution in [-0.2, 0) is 28.6 Å². The minimum atomic E-state index is -0.778. The molecule has 1 atom stereocenters. The summed E-state index contributed by atoms with van der Waals surface area (Å²) in [7, 11) is 0. The van der Waals surface area contributed by atoms with E-state index in [1.54, 1.807) is 0 Å². The van der Waals surface area contributed by atoms with Gasteiger partial charge >= 0.3 is 17.9 Å². The maximum absolute atomic E-state index is 12.9. The highest BCUT2D eigenvalue weighted by Crippen LogP contribution is 2.18. The third-order valence-corrected chi connectivity index (χ3v) is 14.2. The average molecular weight is 998 g/mol. The number of carbonyl (C=O) groups excluding carboxylic acids is 3. The summed E-state index contributed by atoms with van der Waals surface area (Å²) in [5.74, 6) is -0.867. The molecule has 416 valence electrons. The molecule has 0 radical (unpaired) electrons. The molecule has 0 rings (SSSR count). The molecule has 71 heavy (non-hydrogen) atoms. The lowest BCUT2D eigenvalue weighted by Gasteiger charge is -2.18. The van der Waals surface area contributed by atoms with Gasteiger partial charge in [-0.3, -0.25) is 14.4 Å². The fraction of sp³-hybridized carbons (Fsp3) is 0.862. The van der Waals surface area contributed by atoms with Gasteiger partial charge in [-0.1, -0.05) is 308 Å². The lowest BCUT2D eigenvalue weighted by atomic mass is 10.0. The average Bonchev–Trinajstić information content (AvgIpc) is 3.37. The monoisotopic (exact) mass is 997 g/mol. The SMILES string of the molecule is CC/C=C\C/C=C\C/C=C\CCCCCCCC(=O)OC(COC(=O)CCCCCCCCCCCCCCCCC)COC(=O)CCCCCCCCCCCCCCCCCCCCCCCCC. The lowest BCUT2D eigenvalue weighted by molar-refractivity contribution is -0.167.